The highest BCUT2D eigenvalue weighted by molar-refractivity contribution is 5.79. The molecule has 0 radical (unpaired) electrons. The summed E-state index contributed by atoms with van der Waals surface area (Å²) in [7, 11) is 1.92. The number of amides is 1. The van der Waals surface area contributed by atoms with Gasteiger partial charge < -0.3 is 10.6 Å². The summed E-state index contributed by atoms with van der Waals surface area (Å²) in [6, 6.07) is 0.370. The zero-order valence-electron chi connectivity index (χ0n) is 9.05. The number of hydrogen-bond donors (Lipinski definition) is 2. The lowest BCUT2D eigenvalue weighted by atomic mass is 10.0. The van der Waals surface area contributed by atoms with Gasteiger partial charge in [0.15, 0.2) is 0 Å². The van der Waals surface area contributed by atoms with Crippen molar-refractivity contribution >= 4 is 5.91 Å². The standard InChI is InChI=1S/C11H20N2O/c1-7(12-2)6-13-11(14)10-4-8-3-9(8)5-10/h7-10,12H,3-6H2,1-2H3,(H,13,14). The molecule has 0 aromatic heterocycles. The molecule has 2 aliphatic rings. The first kappa shape index (κ1) is 9.97. The summed E-state index contributed by atoms with van der Waals surface area (Å²) in [6.07, 6.45) is 3.67. The maximum atomic E-state index is 11.7. The molecule has 2 fully saturated rings. The Kier molecular flexibility index (Phi) is 2.77. The van der Waals surface area contributed by atoms with Crippen molar-refractivity contribution < 1.29 is 4.79 Å². The van der Waals surface area contributed by atoms with Crippen molar-refractivity contribution in [3.8, 4) is 0 Å². The molecule has 3 heteroatoms. The van der Waals surface area contributed by atoms with E-state index in [1.54, 1.807) is 0 Å². The Morgan fingerprint density at radius 3 is 2.57 bits per heavy atom. The summed E-state index contributed by atoms with van der Waals surface area (Å²) in [4.78, 5) is 11.7. The number of likely N-dealkylation sites (N-methyl/N-ethyl adjacent to an activating group) is 1. The van der Waals surface area contributed by atoms with Gasteiger partial charge in [-0.15, -0.1) is 0 Å². The van der Waals surface area contributed by atoms with Crippen molar-refractivity contribution in [1.29, 1.82) is 0 Å². The molecule has 2 rings (SSSR count). The highest BCUT2D eigenvalue weighted by Gasteiger charge is 2.47. The maximum absolute atomic E-state index is 11.7. The molecule has 0 aromatic carbocycles. The predicted octanol–water partition coefficient (Wildman–Crippen LogP) is 0.757. The highest BCUT2D eigenvalue weighted by atomic mass is 16.1. The summed E-state index contributed by atoms with van der Waals surface area (Å²) in [5.41, 5.74) is 0. The minimum Gasteiger partial charge on any atom is -0.354 e. The van der Waals surface area contributed by atoms with Crippen LogP contribution in [0.25, 0.3) is 0 Å². The van der Waals surface area contributed by atoms with E-state index in [2.05, 4.69) is 17.6 Å². The number of hydrogen-bond acceptors (Lipinski definition) is 2. The van der Waals surface area contributed by atoms with Gasteiger partial charge in [-0.25, -0.2) is 0 Å². The zero-order valence-corrected chi connectivity index (χ0v) is 9.05. The molecule has 0 aromatic rings. The van der Waals surface area contributed by atoms with E-state index in [9.17, 15) is 4.79 Å². The Balaban J connectivity index is 1.68. The van der Waals surface area contributed by atoms with Gasteiger partial charge in [0.05, 0.1) is 0 Å². The number of carbonyl (C=O) groups excluding carboxylic acids is 1. The summed E-state index contributed by atoms with van der Waals surface area (Å²) in [5, 5.41) is 6.13. The molecule has 3 atom stereocenters. The van der Waals surface area contributed by atoms with E-state index < -0.39 is 0 Å². The Hall–Kier alpha value is -0.570. The zero-order chi connectivity index (χ0) is 10.1. The molecule has 0 saturated heterocycles. The van der Waals surface area contributed by atoms with Gasteiger partial charge >= 0.3 is 0 Å². The average Bonchev–Trinajstić information content (AvgIpc) is 2.81. The van der Waals surface area contributed by atoms with Gasteiger partial charge in [-0.05, 0) is 45.1 Å². The molecule has 2 N–H and O–H groups in total. The van der Waals surface area contributed by atoms with Crippen molar-refractivity contribution in [2.45, 2.75) is 32.2 Å². The Bertz CT molecular complexity index is 219. The molecule has 80 valence electrons. The fourth-order valence-corrected chi connectivity index (χ4v) is 2.43. The van der Waals surface area contributed by atoms with Crippen LogP contribution in [0, 0.1) is 17.8 Å². The van der Waals surface area contributed by atoms with Crippen molar-refractivity contribution in [1.82, 2.24) is 10.6 Å². The van der Waals surface area contributed by atoms with Crippen LogP contribution in [0.5, 0.6) is 0 Å². The number of carbonyl (C=O) groups is 1. The first-order valence-corrected chi connectivity index (χ1v) is 5.65. The van der Waals surface area contributed by atoms with E-state index in [1.807, 2.05) is 7.05 Å². The first-order chi connectivity index (χ1) is 6.70. The molecule has 2 aliphatic carbocycles. The van der Waals surface area contributed by atoms with Gasteiger partial charge in [0.25, 0.3) is 0 Å². The third-order valence-corrected chi connectivity index (χ3v) is 3.69. The monoisotopic (exact) mass is 196 g/mol. The molecule has 3 nitrogen and oxygen atoms in total. The molecule has 0 heterocycles. The van der Waals surface area contributed by atoms with Gasteiger partial charge in [-0.2, -0.15) is 0 Å². The normalized spacial score (nSPS) is 36.3. The summed E-state index contributed by atoms with van der Waals surface area (Å²) in [5.74, 6) is 2.39. The minimum atomic E-state index is 0.277. The van der Waals surface area contributed by atoms with Crippen molar-refractivity contribution in [2.24, 2.45) is 17.8 Å². The third kappa shape index (κ3) is 2.08. The molecule has 0 aliphatic heterocycles. The van der Waals surface area contributed by atoms with Crippen LogP contribution in [-0.4, -0.2) is 25.5 Å². The third-order valence-electron chi connectivity index (χ3n) is 3.69. The smallest absolute Gasteiger partial charge is 0.223 e. The Labute approximate surface area is 85.6 Å². The second-order valence-electron chi connectivity index (χ2n) is 4.86. The van der Waals surface area contributed by atoms with Gasteiger partial charge in [0.1, 0.15) is 0 Å². The second kappa shape index (κ2) is 3.89. The highest BCUT2D eigenvalue weighted by Crippen LogP contribution is 2.54. The van der Waals surface area contributed by atoms with Crippen molar-refractivity contribution in [3.63, 3.8) is 0 Å². The van der Waals surface area contributed by atoms with E-state index in [0.717, 1.165) is 31.2 Å². The quantitative estimate of drug-likeness (QED) is 0.697. The molecule has 14 heavy (non-hydrogen) atoms. The molecule has 1 amide bonds. The van der Waals surface area contributed by atoms with E-state index >= 15 is 0 Å². The van der Waals surface area contributed by atoms with Crippen LogP contribution in [0.1, 0.15) is 26.2 Å². The predicted molar refractivity (Wildman–Crippen MR) is 55.9 cm³/mol. The molecular formula is C11H20N2O. The topological polar surface area (TPSA) is 41.1 Å². The Morgan fingerprint density at radius 2 is 2.00 bits per heavy atom. The fourth-order valence-electron chi connectivity index (χ4n) is 2.43. The minimum absolute atomic E-state index is 0.277. The van der Waals surface area contributed by atoms with Gasteiger partial charge in [-0.1, -0.05) is 0 Å². The fraction of sp³-hybridized carbons (Fsp3) is 0.909. The van der Waals surface area contributed by atoms with E-state index in [0.29, 0.717) is 12.0 Å². The maximum Gasteiger partial charge on any atom is 0.223 e. The van der Waals surface area contributed by atoms with Crippen LogP contribution >= 0.6 is 0 Å². The van der Waals surface area contributed by atoms with Crippen LogP contribution in [0.3, 0.4) is 0 Å². The summed E-state index contributed by atoms with van der Waals surface area (Å²) >= 11 is 0. The SMILES string of the molecule is CNC(C)CNC(=O)C1CC2CC2C1. The van der Waals surface area contributed by atoms with E-state index in [-0.39, 0.29) is 5.91 Å². The Morgan fingerprint density at radius 1 is 1.36 bits per heavy atom. The number of rotatable bonds is 4. The van der Waals surface area contributed by atoms with Crippen LogP contribution in [0.2, 0.25) is 0 Å². The largest absolute Gasteiger partial charge is 0.354 e. The van der Waals surface area contributed by atoms with Crippen LogP contribution < -0.4 is 10.6 Å². The van der Waals surface area contributed by atoms with Crippen LogP contribution in [-0.2, 0) is 4.79 Å². The van der Waals surface area contributed by atoms with Crippen LogP contribution in [0.4, 0.5) is 0 Å². The van der Waals surface area contributed by atoms with E-state index in [1.165, 1.54) is 6.42 Å². The van der Waals surface area contributed by atoms with E-state index in [4.69, 9.17) is 0 Å². The lowest BCUT2D eigenvalue weighted by molar-refractivity contribution is -0.125. The average molecular weight is 196 g/mol. The van der Waals surface area contributed by atoms with Crippen molar-refractivity contribution in [2.75, 3.05) is 13.6 Å². The molecule has 0 bridgehead atoms. The van der Waals surface area contributed by atoms with Gasteiger partial charge in [0.2, 0.25) is 5.91 Å². The van der Waals surface area contributed by atoms with Gasteiger partial charge in [0, 0.05) is 18.5 Å². The molecule has 2 saturated carbocycles. The summed E-state index contributed by atoms with van der Waals surface area (Å²) < 4.78 is 0. The van der Waals surface area contributed by atoms with Gasteiger partial charge in [-0.3, -0.25) is 4.79 Å². The summed E-state index contributed by atoms with van der Waals surface area (Å²) in [6.45, 7) is 2.83. The van der Waals surface area contributed by atoms with Crippen LogP contribution in [0.15, 0.2) is 0 Å². The lowest BCUT2D eigenvalue weighted by Crippen LogP contribution is -2.39. The molecule has 0 spiro atoms. The molecule has 3 unspecified atom stereocenters. The second-order valence-corrected chi connectivity index (χ2v) is 4.86. The molecular weight excluding hydrogens is 176 g/mol. The van der Waals surface area contributed by atoms with Crippen molar-refractivity contribution in [3.05, 3.63) is 0 Å². The first-order valence-electron chi connectivity index (χ1n) is 5.65. The number of nitrogens with one attached hydrogen (secondary N) is 2. The number of fused-ring (bicyclic) bond motifs is 1. The lowest BCUT2D eigenvalue weighted by Gasteiger charge is -2.15.